The lowest BCUT2D eigenvalue weighted by Gasteiger charge is -2.04. The smallest absolute Gasteiger partial charge is 0.305 e. The normalized spacial score (nSPS) is 11.0. The second-order valence-corrected chi connectivity index (χ2v) is 9.53. The maximum absolute atomic E-state index is 11.2. The number of unbranched alkanes of at least 4 members (excludes halogenated alkanes) is 20. The number of hydrogen-bond acceptors (Lipinski definition) is 4. The van der Waals surface area contributed by atoms with Gasteiger partial charge in [-0.3, -0.25) is 9.59 Å². The molecule has 0 amide bonds. The first-order valence-electron chi connectivity index (χ1n) is 14.5. The molecule has 0 aromatic rings. The van der Waals surface area contributed by atoms with Crippen LogP contribution in [0.1, 0.15) is 162 Å². The summed E-state index contributed by atoms with van der Waals surface area (Å²) < 4.78 is 9.90. The summed E-state index contributed by atoms with van der Waals surface area (Å²) in [5.41, 5.74) is 0. The zero-order valence-electron chi connectivity index (χ0n) is 22.3. The number of carbonyl (C=O) groups is 2. The Morgan fingerprint density at radius 3 is 0.727 bits per heavy atom. The standard InChI is InChI=1S/C29H56O4/c1-3-32-28(30)26-24-22-20-18-16-14-12-10-8-6-5-7-9-11-13-15-17-19-21-23-25-27-29(31)33-4-2/h3-27H2,1-2H3. The Balaban J connectivity index is 3.08. The number of rotatable bonds is 26. The topological polar surface area (TPSA) is 52.6 Å². The van der Waals surface area contributed by atoms with Gasteiger partial charge in [0.1, 0.15) is 0 Å². The Bertz CT molecular complexity index is 384. The highest BCUT2D eigenvalue weighted by molar-refractivity contribution is 5.69. The van der Waals surface area contributed by atoms with E-state index in [0.29, 0.717) is 26.1 Å². The van der Waals surface area contributed by atoms with Crippen molar-refractivity contribution in [1.82, 2.24) is 0 Å². The molecule has 0 aliphatic heterocycles. The van der Waals surface area contributed by atoms with Gasteiger partial charge in [-0.25, -0.2) is 0 Å². The summed E-state index contributed by atoms with van der Waals surface area (Å²) in [7, 11) is 0. The van der Waals surface area contributed by atoms with Gasteiger partial charge in [-0.2, -0.15) is 0 Å². The van der Waals surface area contributed by atoms with Crippen LogP contribution in [0.2, 0.25) is 0 Å². The number of esters is 2. The highest BCUT2D eigenvalue weighted by Gasteiger charge is 2.01. The quantitative estimate of drug-likeness (QED) is 0.0938. The van der Waals surface area contributed by atoms with Crippen LogP contribution in [0.3, 0.4) is 0 Å². The molecular formula is C29H56O4. The monoisotopic (exact) mass is 468 g/mol. The predicted molar refractivity (Wildman–Crippen MR) is 139 cm³/mol. The van der Waals surface area contributed by atoms with E-state index in [4.69, 9.17) is 9.47 Å². The van der Waals surface area contributed by atoms with Gasteiger partial charge >= 0.3 is 11.9 Å². The predicted octanol–water partition coefficient (Wildman–Crippen LogP) is 9.08. The molecule has 4 nitrogen and oxygen atoms in total. The molecule has 0 spiro atoms. The van der Waals surface area contributed by atoms with Crippen LogP contribution in [0.25, 0.3) is 0 Å². The van der Waals surface area contributed by atoms with Crippen LogP contribution in [0.5, 0.6) is 0 Å². The Morgan fingerprint density at radius 2 is 0.545 bits per heavy atom. The van der Waals surface area contributed by atoms with E-state index in [1.165, 1.54) is 109 Å². The first-order chi connectivity index (χ1) is 16.2. The average Bonchev–Trinajstić information content (AvgIpc) is 2.80. The molecule has 0 aromatic heterocycles. The van der Waals surface area contributed by atoms with Crippen LogP contribution < -0.4 is 0 Å². The van der Waals surface area contributed by atoms with Gasteiger partial charge in [0.2, 0.25) is 0 Å². The first kappa shape index (κ1) is 31.9. The van der Waals surface area contributed by atoms with Crippen molar-refractivity contribution in [3.63, 3.8) is 0 Å². The van der Waals surface area contributed by atoms with E-state index in [0.717, 1.165) is 25.7 Å². The van der Waals surface area contributed by atoms with Gasteiger partial charge in [0.25, 0.3) is 0 Å². The average molecular weight is 469 g/mol. The van der Waals surface area contributed by atoms with Crippen LogP contribution in [0, 0.1) is 0 Å². The summed E-state index contributed by atoms with van der Waals surface area (Å²) in [6, 6.07) is 0. The Morgan fingerprint density at radius 1 is 0.364 bits per heavy atom. The van der Waals surface area contributed by atoms with Crippen molar-refractivity contribution >= 4 is 11.9 Å². The van der Waals surface area contributed by atoms with Crippen LogP contribution >= 0.6 is 0 Å². The molecule has 0 heterocycles. The van der Waals surface area contributed by atoms with Crippen molar-refractivity contribution in [3.05, 3.63) is 0 Å². The lowest BCUT2D eigenvalue weighted by molar-refractivity contribution is -0.144. The van der Waals surface area contributed by atoms with E-state index in [-0.39, 0.29) is 11.9 Å². The van der Waals surface area contributed by atoms with Crippen molar-refractivity contribution in [2.45, 2.75) is 162 Å². The molecule has 0 atom stereocenters. The highest BCUT2D eigenvalue weighted by atomic mass is 16.5. The Hall–Kier alpha value is -1.06. The van der Waals surface area contributed by atoms with E-state index in [1.807, 2.05) is 13.8 Å². The highest BCUT2D eigenvalue weighted by Crippen LogP contribution is 2.15. The van der Waals surface area contributed by atoms with Crippen molar-refractivity contribution in [3.8, 4) is 0 Å². The maximum atomic E-state index is 11.2. The summed E-state index contributed by atoms with van der Waals surface area (Å²) >= 11 is 0. The van der Waals surface area contributed by atoms with Crippen LogP contribution in [-0.2, 0) is 19.1 Å². The summed E-state index contributed by atoms with van der Waals surface area (Å²) in [6.07, 6.45) is 28.8. The van der Waals surface area contributed by atoms with E-state index >= 15 is 0 Å². The van der Waals surface area contributed by atoms with Crippen molar-refractivity contribution in [2.24, 2.45) is 0 Å². The Labute approximate surface area is 206 Å². The molecular weight excluding hydrogens is 412 g/mol. The molecule has 0 saturated heterocycles. The van der Waals surface area contributed by atoms with E-state index in [2.05, 4.69) is 0 Å². The fraction of sp³-hybridized carbons (Fsp3) is 0.931. The number of ether oxygens (including phenoxy) is 2. The summed E-state index contributed by atoms with van der Waals surface area (Å²) in [5.74, 6) is -0.0749. The van der Waals surface area contributed by atoms with Gasteiger partial charge in [-0.15, -0.1) is 0 Å². The molecule has 0 aliphatic rings. The van der Waals surface area contributed by atoms with Crippen molar-refractivity contribution in [1.29, 1.82) is 0 Å². The van der Waals surface area contributed by atoms with Gasteiger partial charge in [0.15, 0.2) is 0 Å². The molecule has 0 saturated carbocycles. The molecule has 196 valence electrons. The van der Waals surface area contributed by atoms with Crippen molar-refractivity contribution < 1.29 is 19.1 Å². The molecule has 0 bridgehead atoms. The summed E-state index contributed by atoms with van der Waals surface area (Å²) in [6.45, 7) is 4.73. The molecule has 0 unspecified atom stereocenters. The molecule has 0 rings (SSSR count). The van der Waals surface area contributed by atoms with Gasteiger partial charge in [-0.1, -0.05) is 122 Å². The van der Waals surface area contributed by atoms with Crippen LogP contribution in [0.15, 0.2) is 0 Å². The third-order valence-corrected chi connectivity index (χ3v) is 6.37. The molecule has 4 heteroatoms. The van der Waals surface area contributed by atoms with E-state index in [9.17, 15) is 9.59 Å². The molecule has 0 fully saturated rings. The summed E-state index contributed by atoms with van der Waals surface area (Å²) in [4.78, 5) is 22.5. The molecule has 0 aliphatic carbocycles. The van der Waals surface area contributed by atoms with Crippen LogP contribution in [-0.4, -0.2) is 25.2 Å². The maximum Gasteiger partial charge on any atom is 0.305 e. The zero-order valence-corrected chi connectivity index (χ0v) is 22.3. The third kappa shape index (κ3) is 27.1. The van der Waals surface area contributed by atoms with Crippen LogP contribution in [0.4, 0.5) is 0 Å². The van der Waals surface area contributed by atoms with E-state index < -0.39 is 0 Å². The molecule has 0 aromatic carbocycles. The van der Waals surface area contributed by atoms with Gasteiger partial charge in [-0.05, 0) is 26.7 Å². The van der Waals surface area contributed by atoms with E-state index in [1.54, 1.807) is 0 Å². The second kappa shape index (κ2) is 27.2. The molecule has 0 N–H and O–H groups in total. The molecule has 33 heavy (non-hydrogen) atoms. The van der Waals surface area contributed by atoms with Gasteiger partial charge in [0, 0.05) is 12.8 Å². The SMILES string of the molecule is CCOC(=O)CCCCCCCCCCCCCCCCCCCCCCCC(=O)OCC. The largest absolute Gasteiger partial charge is 0.466 e. The van der Waals surface area contributed by atoms with Crippen molar-refractivity contribution in [2.75, 3.05) is 13.2 Å². The minimum absolute atomic E-state index is 0.0374. The number of carbonyl (C=O) groups excluding carboxylic acids is 2. The third-order valence-electron chi connectivity index (χ3n) is 6.37. The minimum atomic E-state index is -0.0374. The second-order valence-electron chi connectivity index (χ2n) is 9.53. The lowest BCUT2D eigenvalue weighted by atomic mass is 10.0. The van der Waals surface area contributed by atoms with Gasteiger partial charge < -0.3 is 9.47 Å². The summed E-state index contributed by atoms with van der Waals surface area (Å²) in [5, 5.41) is 0. The first-order valence-corrected chi connectivity index (χ1v) is 14.5. The molecule has 0 radical (unpaired) electrons. The minimum Gasteiger partial charge on any atom is -0.466 e. The lowest BCUT2D eigenvalue weighted by Crippen LogP contribution is -2.03. The zero-order chi connectivity index (χ0) is 24.2. The Kier molecular flexibility index (Phi) is 26.3. The fourth-order valence-electron chi connectivity index (χ4n) is 4.36. The van der Waals surface area contributed by atoms with Gasteiger partial charge in [0.05, 0.1) is 13.2 Å². The number of hydrogen-bond donors (Lipinski definition) is 0. The fourth-order valence-corrected chi connectivity index (χ4v) is 4.36.